The summed E-state index contributed by atoms with van der Waals surface area (Å²) in [7, 11) is 0. The smallest absolute Gasteiger partial charge is 0.343 e. The third-order valence-electron chi connectivity index (χ3n) is 3.17. The lowest BCUT2D eigenvalue weighted by molar-refractivity contribution is 0.458. The summed E-state index contributed by atoms with van der Waals surface area (Å²) in [5.74, 6) is 0.0485. The zero-order chi connectivity index (χ0) is 14.1. The van der Waals surface area contributed by atoms with Crippen LogP contribution in [0.2, 0.25) is 0 Å². The molecular weight excluding hydrogens is 256 g/mol. The van der Waals surface area contributed by atoms with Crippen molar-refractivity contribution in [3.63, 3.8) is 0 Å². The van der Waals surface area contributed by atoms with Crippen LogP contribution in [0.4, 0.5) is 0 Å². The Hall–Kier alpha value is -2.75. The van der Waals surface area contributed by atoms with E-state index < -0.39 is 5.63 Å². The number of hydrogen-bond donors (Lipinski definition) is 2. The minimum Gasteiger partial charge on any atom is -0.508 e. The molecule has 0 fully saturated rings. The van der Waals surface area contributed by atoms with Crippen molar-refractivity contribution in [1.82, 2.24) is 0 Å². The summed E-state index contributed by atoms with van der Waals surface area (Å²) in [6.45, 7) is 0. The van der Waals surface area contributed by atoms with E-state index >= 15 is 0 Å². The number of phenols is 1. The Kier molecular flexibility index (Phi) is 2.91. The lowest BCUT2D eigenvalue weighted by atomic mass is 10.0. The highest BCUT2D eigenvalue weighted by molar-refractivity contribution is 5.84. The summed E-state index contributed by atoms with van der Waals surface area (Å²) >= 11 is 0. The Bertz CT molecular complexity index is 833. The minimum absolute atomic E-state index is 0.0693. The highest BCUT2D eigenvalue weighted by Gasteiger charge is 2.14. The molecule has 0 saturated heterocycles. The van der Waals surface area contributed by atoms with Crippen molar-refractivity contribution in [1.29, 1.82) is 0 Å². The second-order valence-corrected chi connectivity index (χ2v) is 4.56. The first-order valence-corrected chi connectivity index (χ1v) is 6.17. The van der Waals surface area contributed by atoms with Crippen molar-refractivity contribution in [3.05, 3.63) is 70.1 Å². The predicted molar refractivity (Wildman–Crippen MR) is 75.1 cm³/mol. The van der Waals surface area contributed by atoms with Crippen LogP contribution >= 0.6 is 0 Å². The molecule has 0 saturated carbocycles. The number of benzene rings is 2. The number of fused-ring (bicyclic) bond motifs is 1. The first-order chi connectivity index (χ1) is 9.65. The van der Waals surface area contributed by atoms with Gasteiger partial charge in [-0.1, -0.05) is 24.3 Å². The molecular formula is C16H12O4. The highest BCUT2D eigenvalue weighted by Crippen LogP contribution is 2.27. The van der Waals surface area contributed by atoms with Crippen LogP contribution in [0, 0.1) is 0 Å². The maximum absolute atomic E-state index is 12.0. The summed E-state index contributed by atoms with van der Waals surface area (Å²) < 4.78 is 5.20. The quantitative estimate of drug-likeness (QED) is 0.701. The Morgan fingerprint density at radius 1 is 1.00 bits per heavy atom. The topological polar surface area (TPSA) is 70.7 Å². The molecule has 3 rings (SSSR count). The molecule has 0 radical (unpaired) electrons. The van der Waals surface area contributed by atoms with Crippen LogP contribution in [-0.2, 0) is 6.42 Å². The molecule has 0 bridgehead atoms. The average molecular weight is 268 g/mol. The number of phenolic OH excluding ortho intramolecular Hbond substituents is 1. The first-order valence-electron chi connectivity index (χ1n) is 6.17. The van der Waals surface area contributed by atoms with Gasteiger partial charge in [0.2, 0.25) is 0 Å². The van der Waals surface area contributed by atoms with Crippen molar-refractivity contribution in [3.8, 4) is 11.5 Å². The third-order valence-corrected chi connectivity index (χ3v) is 3.17. The van der Waals surface area contributed by atoms with E-state index in [0.717, 1.165) is 5.56 Å². The van der Waals surface area contributed by atoms with Gasteiger partial charge in [0.1, 0.15) is 17.1 Å². The molecule has 0 atom stereocenters. The van der Waals surface area contributed by atoms with Crippen LogP contribution in [0.25, 0.3) is 11.0 Å². The van der Waals surface area contributed by atoms with Crippen molar-refractivity contribution < 1.29 is 14.6 Å². The number of para-hydroxylation sites is 1. The standard InChI is InChI=1S/C16H12O4/c17-11-5-3-4-10(8-11)9-13-15(18)12-6-1-2-7-14(12)20-16(13)19/h1-8,17-18H,9H2. The van der Waals surface area contributed by atoms with Gasteiger partial charge in [-0.05, 0) is 29.8 Å². The van der Waals surface area contributed by atoms with Gasteiger partial charge in [-0.25, -0.2) is 4.79 Å². The molecule has 4 heteroatoms. The molecule has 100 valence electrons. The van der Waals surface area contributed by atoms with Crippen LogP contribution in [0.3, 0.4) is 0 Å². The number of rotatable bonds is 2. The maximum atomic E-state index is 12.0. The monoisotopic (exact) mass is 268 g/mol. The SMILES string of the molecule is O=c1oc2ccccc2c(O)c1Cc1cccc(O)c1. The fourth-order valence-corrected chi connectivity index (χ4v) is 2.20. The normalized spacial score (nSPS) is 10.8. The Morgan fingerprint density at radius 3 is 2.60 bits per heavy atom. The molecule has 3 aromatic rings. The van der Waals surface area contributed by atoms with Gasteiger partial charge in [0, 0.05) is 6.42 Å². The van der Waals surface area contributed by atoms with Crippen molar-refractivity contribution in [2.75, 3.05) is 0 Å². The van der Waals surface area contributed by atoms with Crippen LogP contribution < -0.4 is 5.63 Å². The average Bonchev–Trinajstić information content (AvgIpc) is 2.43. The zero-order valence-corrected chi connectivity index (χ0v) is 10.5. The van der Waals surface area contributed by atoms with E-state index in [1.165, 1.54) is 0 Å². The van der Waals surface area contributed by atoms with E-state index in [1.807, 2.05) is 0 Å². The van der Waals surface area contributed by atoms with E-state index in [1.54, 1.807) is 48.5 Å². The fourth-order valence-electron chi connectivity index (χ4n) is 2.20. The number of aromatic hydroxyl groups is 2. The lowest BCUT2D eigenvalue weighted by Gasteiger charge is -2.06. The van der Waals surface area contributed by atoms with Gasteiger partial charge in [0.15, 0.2) is 0 Å². The van der Waals surface area contributed by atoms with E-state index in [4.69, 9.17) is 4.42 Å². The third kappa shape index (κ3) is 2.12. The summed E-state index contributed by atoms with van der Waals surface area (Å²) in [6, 6.07) is 13.4. The molecule has 2 aromatic carbocycles. The van der Waals surface area contributed by atoms with Crippen LogP contribution in [0.1, 0.15) is 11.1 Å². The molecule has 1 aromatic heterocycles. The van der Waals surface area contributed by atoms with Crippen molar-refractivity contribution in [2.45, 2.75) is 6.42 Å². The van der Waals surface area contributed by atoms with Gasteiger partial charge >= 0.3 is 5.63 Å². The lowest BCUT2D eigenvalue weighted by Crippen LogP contribution is -2.08. The van der Waals surface area contributed by atoms with Crippen molar-refractivity contribution >= 4 is 11.0 Å². The molecule has 2 N–H and O–H groups in total. The van der Waals surface area contributed by atoms with Crippen LogP contribution in [0.15, 0.2) is 57.7 Å². The summed E-state index contributed by atoms with van der Waals surface area (Å²) in [4.78, 5) is 12.0. The molecule has 0 aliphatic heterocycles. The molecule has 0 aliphatic carbocycles. The largest absolute Gasteiger partial charge is 0.508 e. The number of hydrogen-bond acceptors (Lipinski definition) is 4. The second-order valence-electron chi connectivity index (χ2n) is 4.56. The van der Waals surface area contributed by atoms with Crippen LogP contribution in [0.5, 0.6) is 11.5 Å². The van der Waals surface area contributed by atoms with E-state index in [2.05, 4.69) is 0 Å². The Balaban J connectivity index is 2.14. The maximum Gasteiger partial charge on any atom is 0.343 e. The summed E-state index contributed by atoms with van der Waals surface area (Å²) in [6.07, 6.45) is 0.202. The van der Waals surface area contributed by atoms with Gasteiger partial charge in [-0.2, -0.15) is 0 Å². The van der Waals surface area contributed by atoms with Gasteiger partial charge in [0.25, 0.3) is 0 Å². The Morgan fingerprint density at radius 2 is 1.80 bits per heavy atom. The fraction of sp³-hybridized carbons (Fsp3) is 0.0625. The highest BCUT2D eigenvalue weighted by atomic mass is 16.4. The Labute approximate surface area is 114 Å². The predicted octanol–water partition coefficient (Wildman–Crippen LogP) is 2.80. The molecule has 20 heavy (non-hydrogen) atoms. The molecule has 0 amide bonds. The molecule has 0 unspecified atom stereocenters. The van der Waals surface area contributed by atoms with Gasteiger partial charge in [-0.15, -0.1) is 0 Å². The summed E-state index contributed by atoms with van der Waals surface area (Å²) in [5.41, 5.74) is 0.705. The molecule has 1 heterocycles. The zero-order valence-electron chi connectivity index (χ0n) is 10.5. The van der Waals surface area contributed by atoms with E-state index in [0.29, 0.717) is 11.0 Å². The van der Waals surface area contributed by atoms with Gasteiger partial charge in [-0.3, -0.25) is 0 Å². The van der Waals surface area contributed by atoms with Gasteiger partial charge < -0.3 is 14.6 Å². The molecule has 0 spiro atoms. The molecule has 0 aliphatic rings. The first kappa shape index (κ1) is 12.3. The van der Waals surface area contributed by atoms with Gasteiger partial charge in [0.05, 0.1) is 10.9 Å². The minimum atomic E-state index is -0.565. The van der Waals surface area contributed by atoms with Crippen molar-refractivity contribution in [2.24, 2.45) is 0 Å². The van der Waals surface area contributed by atoms with Crippen LogP contribution in [-0.4, -0.2) is 10.2 Å². The summed E-state index contributed by atoms with van der Waals surface area (Å²) in [5, 5.41) is 20.2. The van der Waals surface area contributed by atoms with E-state index in [9.17, 15) is 15.0 Å². The second kappa shape index (κ2) is 4.74. The van der Waals surface area contributed by atoms with E-state index in [-0.39, 0.29) is 23.5 Å². The molecule has 4 nitrogen and oxygen atoms in total.